The van der Waals surface area contributed by atoms with Gasteiger partial charge in [0.05, 0.1) is 29.6 Å². The van der Waals surface area contributed by atoms with E-state index in [9.17, 15) is 0 Å². The summed E-state index contributed by atoms with van der Waals surface area (Å²) in [5.41, 5.74) is 22.6. The molecule has 0 saturated heterocycles. The quantitative estimate of drug-likeness (QED) is 0.288. The molecular formula is C23H25N7O2S. The van der Waals surface area contributed by atoms with Gasteiger partial charge in [0.2, 0.25) is 0 Å². The smallest absolute Gasteiger partial charge is 0.166 e. The Morgan fingerprint density at radius 3 is 2.70 bits per heavy atom. The molecule has 0 aliphatic rings. The third-order valence-electron chi connectivity index (χ3n) is 5.09. The lowest BCUT2D eigenvalue weighted by atomic mass is 10.0. The van der Waals surface area contributed by atoms with E-state index in [0.29, 0.717) is 40.6 Å². The number of furan rings is 1. The molecule has 0 bridgehead atoms. The highest BCUT2D eigenvalue weighted by Crippen LogP contribution is 2.37. The van der Waals surface area contributed by atoms with Crippen LogP contribution in [-0.2, 0) is 6.42 Å². The molecule has 7 N–H and O–H groups in total. The summed E-state index contributed by atoms with van der Waals surface area (Å²) in [6.07, 6.45) is 3.82. The van der Waals surface area contributed by atoms with Crippen molar-refractivity contribution in [3.05, 3.63) is 58.4 Å². The van der Waals surface area contributed by atoms with Crippen LogP contribution in [0.2, 0.25) is 0 Å². The van der Waals surface area contributed by atoms with E-state index in [-0.39, 0.29) is 30.0 Å². The normalized spacial score (nSPS) is 12.0. The van der Waals surface area contributed by atoms with Gasteiger partial charge in [0.1, 0.15) is 18.1 Å². The summed E-state index contributed by atoms with van der Waals surface area (Å²) in [4.78, 5) is 13.4. The van der Waals surface area contributed by atoms with Crippen molar-refractivity contribution in [2.45, 2.75) is 26.3 Å². The second kappa shape index (κ2) is 9.39. The first-order valence-corrected chi connectivity index (χ1v) is 11.2. The number of nitrogens with one attached hydrogen (secondary N) is 1. The van der Waals surface area contributed by atoms with Gasteiger partial charge in [0, 0.05) is 17.2 Å². The molecule has 1 atom stereocenters. The van der Waals surface area contributed by atoms with E-state index in [1.807, 2.05) is 24.4 Å². The third-order valence-corrected chi connectivity index (χ3v) is 5.82. The van der Waals surface area contributed by atoms with E-state index in [1.165, 1.54) is 5.56 Å². The number of ether oxygens (including phenoxy) is 1. The molecule has 0 fully saturated rings. The van der Waals surface area contributed by atoms with Crippen molar-refractivity contribution in [2.24, 2.45) is 5.73 Å². The molecule has 4 aromatic rings. The van der Waals surface area contributed by atoms with Crippen LogP contribution in [0.25, 0.3) is 22.5 Å². The predicted molar refractivity (Wildman–Crippen MR) is 131 cm³/mol. The van der Waals surface area contributed by atoms with Crippen molar-refractivity contribution < 1.29 is 9.15 Å². The molecule has 0 spiro atoms. The third kappa shape index (κ3) is 4.86. The zero-order valence-corrected chi connectivity index (χ0v) is 19.1. The van der Waals surface area contributed by atoms with Crippen LogP contribution in [0.4, 0.5) is 11.6 Å². The first kappa shape index (κ1) is 22.4. The fourth-order valence-corrected chi connectivity index (χ4v) is 4.11. The molecule has 10 heteroatoms. The second-order valence-electron chi connectivity index (χ2n) is 7.68. The largest absolute Gasteiger partial charge is 0.488 e. The standard InChI is InChI=1S/C23H25N7O2S/c1-12(24)20-23(27)28-9-18(29-20)17-8-19(32-10-15(25)7-14-4-6-33-11-14)22(26)30-21(17)16-3-5-31-13(16)2/h3-6,8-9,11,15,24H,7,10,25H2,1-2H3,(H2,26,30)(H2,27,28). The van der Waals surface area contributed by atoms with E-state index in [1.54, 1.807) is 36.8 Å². The zero-order valence-electron chi connectivity index (χ0n) is 18.3. The van der Waals surface area contributed by atoms with Crippen molar-refractivity contribution in [1.29, 1.82) is 5.41 Å². The van der Waals surface area contributed by atoms with Crippen molar-refractivity contribution >= 4 is 28.7 Å². The molecule has 1 unspecified atom stereocenters. The van der Waals surface area contributed by atoms with Gasteiger partial charge in [-0.1, -0.05) is 0 Å². The van der Waals surface area contributed by atoms with Crippen LogP contribution in [0.3, 0.4) is 0 Å². The maximum absolute atomic E-state index is 7.96. The number of hydrogen-bond donors (Lipinski definition) is 4. The van der Waals surface area contributed by atoms with Gasteiger partial charge >= 0.3 is 0 Å². The summed E-state index contributed by atoms with van der Waals surface area (Å²) >= 11 is 1.63. The molecule has 4 rings (SSSR count). The molecule has 0 saturated carbocycles. The van der Waals surface area contributed by atoms with Gasteiger partial charge in [-0.2, -0.15) is 11.3 Å². The SMILES string of the molecule is CC(=N)c1nc(-c2cc(OCC(N)Cc3ccsc3)c(N)nc2-c2ccoc2C)cnc1N. The second-order valence-corrected chi connectivity index (χ2v) is 8.46. The molecule has 4 aromatic heterocycles. The Labute approximate surface area is 195 Å². The first-order chi connectivity index (χ1) is 15.8. The van der Waals surface area contributed by atoms with Crippen LogP contribution in [0.15, 0.2) is 45.8 Å². The fourth-order valence-electron chi connectivity index (χ4n) is 3.43. The highest BCUT2D eigenvalue weighted by Gasteiger charge is 2.20. The minimum absolute atomic E-state index is 0.187. The number of thiophene rings is 1. The molecule has 9 nitrogen and oxygen atoms in total. The lowest BCUT2D eigenvalue weighted by Crippen LogP contribution is -2.30. The molecule has 0 aliphatic carbocycles. The van der Waals surface area contributed by atoms with Crippen molar-refractivity contribution in [3.8, 4) is 28.3 Å². The highest BCUT2D eigenvalue weighted by atomic mass is 32.1. The Morgan fingerprint density at radius 2 is 2.03 bits per heavy atom. The summed E-state index contributed by atoms with van der Waals surface area (Å²) in [5.74, 6) is 1.49. The number of anilines is 2. The first-order valence-electron chi connectivity index (χ1n) is 10.3. The highest BCUT2D eigenvalue weighted by molar-refractivity contribution is 7.07. The topological polar surface area (TPSA) is 163 Å². The molecule has 170 valence electrons. The van der Waals surface area contributed by atoms with E-state index in [4.69, 9.17) is 31.8 Å². The maximum atomic E-state index is 7.96. The van der Waals surface area contributed by atoms with Gasteiger partial charge in [0.25, 0.3) is 0 Å². The van der Waals surface area contributed by atoms with Crippen LogP contribution in [0, 0.1) is 12.3 Å². The van der Waals surface area contributed by atoms with Gasteiger partial charge < -0.3 is 31.8 Å². The summed E-state index contributed by atoms with van der Waals surface area (Å²) in [7, 11) is 0. The van der Waals surface area contributed by atoms with Crippen LogP contribution < -0.4 is 21.9 Å². The van der Waals surface area contributed by atoms with Crippen LogP contribution in [0.5, 0.6) is 5.75 Å². The van der Waals surface area contributed by atoms with Gasteiger partial charge in [-0.25, -0.2) is 15.0 Å². The number of aryl methyl sites for hydroxylation is 1. The number of nitrogen functional groups attached to an aromatic ring is 2. The monoisotopic (exact) mass is 463 g/mol. The van der Waals surface area contributed by atoms with Gasteiger partial charge in [0.15, 0.2) is 17.4 Å². The molecule has 0 aliphatic heterocycles. The minimum atomic E-state index is -0.207. The minimum Gasteiger partial charge on any atom is -0.488 e. The number of rotatable bonds is 8. The Kier molecular flexibility index (Phi) is 6.38. The molecular weight excluding hydrogens is 438 g/mol. The number of nitrogens with zero attached hydrogens (tertiary/aromatic N) is 3. The van der Waals surface area contributed by atoms with Gasteiger partial charge in [-0.3, -0.25) is 0 Å². The lowest BCUT2D eigenvalue weighted by molar-refractivity contribution is 0.288. The van der Waals surface area contributed by atoms with Gasteiger partial charge in [-0.05, 0) is 54.8 Å². The predicted octanol–water partition coefficient (Wildman–Crippen LogP) is 3.67. The number of hydrogen-bond acceptors (Lipinski definition) is 10. The van der Waals surface area contributed by atoms with E-state index in [2.05, 4.69) is 20.3 Å². The average molecular weight is 464 g/mol. The van der Waals surface area contributed by atoms with Crippen molar-refractivity contribution in [1.82, 2.24) is 15.0 Å². The van der Waals surface area contributed by atoms with Crippen molar-refractivity contribution in [2.75, 3.05) is 18.1 Å². The van der Waals surface area contributed by atoms with Crippen molar-refractivity contribution in [3.63, 3.8) is 0 Å². The van der Waals surface area contributed by atoms with Crippen LogP contribution in [-0.4, -0.2) is 33.3 Å². The van der Waals surface area contributed by atoms with Gasteiger partial charge in [-0.15, -0.1) is 0 Å². The average Bonchev–Trinajstić information content (AvgIpc) is 3.44. The summed E-state index contributed by atoms with van der Waals surface area (Å²) in [5, 5.41) is 12.0. The molecule has 0 radical (unpaired) electrons. The lowest BCUT2D eigenvalue weighted by Gasteiger charge is -2.17. The summed E-state index contributed by atoms with van der Waals surface area (Å²) in [6.45, 7) is 3.71. The molecule has 4 heterocycles. The summed E-state index contributed by atoms with van der Waals surface area (Å²) < 4.78 is 11.4. The zero-order chi connectivity index (χ0) is 23.5. The van der Waals surface area contributed by atoms with Crippen LogP contribution >= 0.6 is 11.3 Å². The van der Waals surface area contributed by atoms with E-state index >= 15 is 0 Å². The van der Waals surface area contributed by atoms with Crippen LogP contribution in [0.1, 0.15) is 23.9 Å². The molecule has 33 heavy (non-hydrogen) atoms. The number of aromatic nitrogens is 3. The summed E-state index contributed by atoms with van der Waals surface area (Å²) in [6, 6.07) is 5.42. The number of pyridine rings is 1. The Morgan fingerprint density at radius 1 is 1.21 bits per heavy atom. The van der Waals surface area contributed by atoms with E-state index < -0.39 is 0 Å². The van der Waals surface area contributed by atoms with E-state index in [0.717, 1.165) is 5.56 Å². The Hall–Kier alpha value is -3.76. The Balaban J connectivity index is 1.72. The fraction of sp³-hybridized carbons (Fsp3) is 0.217. The number of nitrogens with two attached hydrogens (primary N) is 3. The maximum Gasteiger partial charge on any atom is 0.166 e. The molecule has 0 amide bonds. The molecule has 0 aromatic carbocycles. The Bertz CT molecular complexity index is 1280.